The molecule has 0 spiro atoms. The van der Waals surface area contributed by atoms with Gasteiger partial charge in [-0.05, 0) is 65.4 Å². The molecule has 5 aromatic carbocycles. The third-order valence-corrected chi connectivity index (χ3v) is 8.38. The van der Waals surface area contributed by atoms with Crippen molar-refractivity contribution in [3.05, 3.63) is 139 Å². The van der Waals surface area contributed by atoms with E-state index >= 15 is 0 Å². The van der Waals surface area contributed by atoms with Crippen molar-refractivity contribution >= 4 is 43.2 Å². The molecule has 0 radical (unpaired) electrons. The Bertz CT molecular complexity index is 2080. The Kier molecular flexibility index (Phi) is 5.32. The number of fused-ring (bicyclic) bond motifs is 4. The lowest BCUT2D eigenvalue weighted by Crippen LogP contribution is -1.97. The van der Waals surface area contributed by atoms with E-state index in [0.717, 1.165) is 33.8 Å². The van der Waals surface area contributed by atoms with Gasteiger partial charge in [0.2, 0.25) is 0 Å². The molecule has 8 aromatic rings. The van der Waals surface area contributed by atoms with E-state index in [-0.39, 0.29) is 0 Å². The van der Waals surface area contributed by atoms with Crippen LogP contribution in [-0.4, -0.2) is 14.5 Å². The van der Waals surface area contributed by atoms with Crippen molar-refractivity contribution < 1.29 is 0 Å². The zero-order valence-electron chi connectivity index (χ0n) is 21.5. The Morgan fingerprint density at radius 2 is 1.15 bits per heavy atom. The quantitative estimate of drug-likeness (QED) is 0.227. The third-order valence-electron chi connectivity index (χ3n) is 7.50. The van der Waals surface area contributed by atoms with Crippen LogP contribution in [0.15, 0.2) is 139 Å². The highest BCUT2D eigenvalue weighted by Gasteiger charge is 2.15. The van der Waals surface area contributed by atoms with Gasteiger partial charge in [0.25, 0.3) is 0 Å². The van der Waals surface area contributed by atoms with Gasteiger partial charge in [-0.2, -0.15) is 0 Å². The Morgan fingerprint density at radius 1 is 0.500 bits per heavy atom. The second-order valence-corrected chi connectivity index (χ2v) is 10.9. The summed E-state index contributed by atoms with van der Waals surface area (Å²) in [6.07, 6.45) is 0. The van der Waals surface area contributed by atoms with Gasteiger partial charge in [0.15, 0.2) is 5.82 Å². The SMILES string of the molecule is c1ccc(-c2cc(-c3ccccc3)nc(-c3ccc(-n4c5ccccc5c5cc6sccc6cc54)cc3)n2)cc1. The molecule has 3 aromatic heterocycles. The van der Waals surface area contributed by atoms with Crippen LogP contribution in [0.5, 0.6) is 0 Å². The van der Waals surface area contributed by atoms with E-state index in [1.165, 1.54) is 31.9 Å². The fourth-order valence-corrected chi connectivity index (χ4v) is 6.36. The maximum Gasteiger partial charge on any atom is 0.160 e. The zero-order valence-corrected chi connectivity index (χ0v) is 22.3. The summed E-state index contributed by atoms with van der Waals surface area (Å²) in [5.74, 6) is 0.717. The van der Waals surface area contributed by atoms with E-state index < -0.39 is 0 Å². The van der Waals surface area contributed by atoms with E-state index in [1.807, 2.05) is 36.4 Å². The van der Waals surface area contributed by atoms with Crippen LogP contribution < -0.4 is 0 Å². The summed E-state index contributed by atoms with van der Waals surface area (Å²) in [6.45, 7) is 0. The average molecular weight is 530 g/mol. The van der Waals surface area contributed by atoms with Crippen molar-refractivity contribution in [1.82, 2.24) is 14.5 Å². The number of hydrogen-bond donors (Lipinski definition) is 0. The molecule has 4 heteroatoms. The average Bonchev–Trinajstić information content (AvgIpc) is 3.62. The molecule has 0 amide bonds. The third kappa shape index (κ3) is 3.81. The van der Waals surface area contributed by atoms with Crippen molar-refractivity contribution in [2.45, 2.75) is 0 Å². The smallest absolute Gasteiger partial charge is 0.160 e. The first kappa shape index (κ1) is 22.9. The highest BCUT2D eigenvalue weighted by molar-refractivity contribution is 7.17. The number of para-hydroxylation sites is 1. The lowest BCUT2D eigenvalue weighted by molar-refractivity contribution is 1.16. The molecule has 188 valence electrons. The van der Waals surface area contributed by atoms with Crippen LogP contribution >= 0.6 is 11.3 Å². The van der Waals surface area contributed by atoms with Gasteiger partial charge in [-0.1, -0.05) is 78.9 Å². The van der Waals surface area contributed by atoms with Crippen LogP contribution in [0, 0.1) is 0 Å². The van der Waals surface area contributed by atoms with Crippen LogP contribution in [0.3, 0.4) is 0 Å². The number of benzene rings is 5. The van der Waals surface area contributed by atoms with Crippen molar-refractivity contribution in [3.63, 3.8) is 0 Å². The Labute approximate surface area is 235 Å². The molecule has 0 aliphatic carbocycles. The summed E-state index contributed by atoms with van der Waals surface area (Å²) in [5.41, 5.74) is 8.50. The Hall–Kier alpha value is -5.06. The van der Waals surface area contributed by atoms with Gasteiger partial charge in [-0.25, -0.2) is 9.97 Å². The normalized spacial score (nSPS) is 11.5. The molecular weight excluding hydrogens is 506 g/mol. The minimum Gasteiger partial charge on any atom is -0.309 e. The zero-order chi connectivity index (χ0) is 26.5. The maximum absolute atomic E-state index is 5.00. The minimum atomic E-state index is 0.717. The molecule has 0 saturated heterocycles. The fourth-order valence-electron chi connectivity index (χ4n) is 5.55. The van der Waals surface area contributed by atoms with Crippen LogP contribution in [0.1, 0.15) is 0 Å². The minimum absolute atomic E-state index is 0.717. The largest absolute Gasteiger partial charge is 0.309 e. The number of aromatic nitrogens is 3. The standard InChI is InChI=1S/C36H23N3S/c1-3-9-24(10-4-1)31-23-32(25-11-5-2-6-12-25)38-36(37-31)26-15-17-28(18-16-26)39-33-14-8-7-13-29(33)30-22-35-27(19-20-40-35)21-34(30)39/h1-23H. The highest BCUT2D eigenvalue weighted by atomic mass is 32.1. The molecule has 0 bridgehead atoms. The monoisotopic (exact) mass is 529 g/mol. The Balaban J connectivity index is 1.28. The number of nitrogens with zero attached hydrogens (tertiary/aromatic N) is 3. The first-order chi connectivity index (χ1) is 19.8. The predicted octanol–water partition coefficient (Wildman–Crippen LogP) is 9.79. The molecule has 0 unspecified atom stereocenters. The van der Waals surface area contributed by atoms with Crippen molar-refractivity contribution in [3.8, 4) is 39.6 Å². The van der Waals surface area contributed by atoms with Gasteiger partial charge in [0, 0.05) is 37.9 Å². The summed E-state index contributed by atoms with van der Waals surface area (Å²) < 4.78 is 3.68. The van der Waals surface area contributed by atoms with Crippen molar-refractivity contribution in [2.75, 3.05) is 0 Å². The van der Waals surface area contributed by atoms with Gasteiger partial charge < -0.3 is 4.57 Å². The topological polar surface area (TPSA) is 30.7 Å². The number of thiophene rings is 1. The van der Waals surface area contributed by atoms with E-state index in [9.17, 15) is 0 Å². The van der Waals surface area contributed by atoms with Crippen LogP contribution in [0.2, 0.25) is 0 Å². The number of hydrogen-bond acceptors (Lipinski definition) is 3. The van der Waals surface area contributed by atoms with Crippen LogP contribution in [-0.2, 0) is 0 Å². The molecular formula is C36H23N3S. The molecule has 0 N–H and O–H groups in total. The van der Waals surface area contributed by atoms with E-state index in [0.29, 0.717) is 5.82 Å². The molecule has 8 rings (SSSR count). The van der Waals surface area contributed by atoms with E-state index in [4.69, 9.17) is 9.97 Å². The lowest BCUT2D eigenvalue weighted by atomic mass is 10.1. The Morgan fingerprint density at radius 3 is 1.85 bits per heavy atom. The van der Waals surface area contributed by atoms with E-state index in [2.05, 4.69) is 107 Å². The molecule has 0 atom stereocenters. The molecule has 0 fully saturated rings. The summed E-state index contributed by atoms with van der Waals surface area (Å²) in [7, 11) is 0. The molecule has 3 nitrogen and oxygen atoms in total. The van der Waals surface area contributed by atoms with Gasteiger partial charge in [0.1, 0.15) is 0 Å². The van der Waals surface area contributed by atoms with Gasteiger partial charge in [-0.15, -0.1) is 11.3 Å². The van der Waals surface area contributed by atoms with E-state index in [1.54, 1.807) is 11.3 Å². The van der Waals surface area contributed by atoms with Crippen LogP contribution in [0.25, 0.3) is 71.5 Å². The molecule has 0 aliphatic rings. The van der Waals surface area contributed by atoms with Gasteiger partial charge >= 0.3 is 0 Å². The first-order valence-corrected chi connectivity index (χ1v) is 14.2. The summed E-state index contributed by atoms with van der Waals surface area (Å²) >= 11 is 1.79. The van der Waals surface area contributed by atoms with Crippen molar-refractivity contribution in [2.24, 2.45) is 0 Å². The second kappa shape index (κ2) is 9.30. The van der Waals surface area contributed by atoms with Crippen molar-refractivity contribution in [1.29, 1.82) is 0 Å². The molecule has 40 heavy (non-hydrogen) atoms. The van der Waals surface area contributed by atoms with Crippen LogP contribution in [0.4, 0.5) is 0 Å². The lowest BCUT2D eigenvalue weighted by Gasteiger charge is -2.11. The highest BCUT2D eigenvalue weighted by Crippen LogP contribution is 2.36. The second-order valence-electron chi connectivity index (χ2n) is 9.92. The molecule has 0 aliphatic heterocycles. The summed E-state index contributed by atoms with van der Waals surface area (Å²) in [5, 5.41) is 5.99. The maximum atomic E-state index is 5.00. The summed E-state index contributed by atoms with van der Waals surface area (Å²) in [4.78, 5) is 10.0. The molecule has 0 saturated carbocycles. The fraction of sp³-hybridized carbons (Fsp3) is 0. The first-order valence-electron chi connectivity index (χ1n) is 13.3. The van der Waals surface area contributed by atoms with Gasteiger partial charge in [-0.3, -0.25) is 0 Å². The number of rotatable bonds is 4. The molecule has 3 heterocycles. The van der Waals surface area contributed by atoms with Gasteiger partial charge in [0.05, 0.1) is 22.4 Å². The summed E-state index contributed by atoms with van der Waals surface area (Å²) in [6, 6.07) is 46.8. The predicted molar refractivity (Wildman–Crippen MR) is 168 cm³/mol.